The van der Waals surface area contributed by atoms with Crippen LogP contribution in [0.4, 0.5) is 5.69 Å². The average Bonchev–Trinajstić information content (AvgIpc) is 3.54. The molecule has 5 rings (SSSR count). The summed E-state index contributed by atoms with van der Waals surface area (Å²) >= 11 is 1.44. The lowest BCUT2D eigenvalue weighted by Gasteiger charge is -2.01. The maximum atomic E-state index is 12.9. The van der Waals surface area contributed by atoms with Gasteiger partial charge in [0.25, 0.3) is 0 Å². The molecule has 2 aromatic carbocycles. The third-order valence-electron chi connectivity index (χ3n) is 4.88. The van der Waals surface area contributed by atoms with Crippen LogP contribution < -0.4 is 5.73 Å². The second kappa shape index (κ2) is 7.70. The third-order valence-corrected chi connectivity index (χ3v) is 5.78. The summed E-state index contributed by atoms with van der Waals surface area (Å²) in [5, 5.41) is 2.58. The smallest absolute Gasteiger partial charge is 0.212 e. The SMILES string of the molecule is Cc1cn(-c2ccc(-c3ccc(C(=O)c4csc(-c5ccc(N)cc5)n4)cc3)o2)cn1. The van der Waals surface area contributed by atoms with Gasteiger partial charge in [-0.2, -0.15) is 0 Å². The summed E-state index contributed by atoms with van der Waals surface area (Å²) in [6, 6.07) is 18.6. The predicted octanol–water partition coefficient (Wildman–Crippen LogP) is 5.38. The minimum atomic E-state index is -0.112. The van der Waals surface area contributed by atoms with Crippen molar-refractivity contribution in [1.82, 2.24) is 14.5 Å². The molecule has 0 atom stereocenters. The largest absolute Gasteiger partial charge is 0.440 e. The van der Waals surface area contributed by atoms with Crippen LogP contribution in [0.25, 0.3) is 27.8 Å². The van der Waals surface area contributed by atoms with Gasteiger partial charge in [-0.25, -0.2) is 9.97 Å². The first-order valence-electron chi connectivity index (χ1n) is 9.64. The van der Waals surface area contributed by atoms with Crippen LogP contribution in [0.3, 0.4) is 0 Å². The summed E-state index contributed by atoms with van der Waals surface area (Å²) in [5.74, 6) is 1.30. The fraction of sp³-hybridized carbons (Fsp3) is 0.0417. The van der Waals surface area contributed by atoms with Gasteiger partial charge in [0.2, 0.25) is 11.7 Å². The fourth-order valence-electron chi connectivity index (χ4n) is 3.23. The van der Waals surface area contributed by atoms with Gasteiger partial charge in [-0.3, -0.25) is 9.36 Å². The van der Waals surface area contributed by atoms with Gasteiger partial charge in [0.1, 0.15) is 22.8 Å². The predicted molar refractivity (Wildman–Crippen MR) is 121 cm³/mol. The van der Waals surface area contributed by atoms with Crippen LogP contribution in [-0.2, 0) is 0 Å². The number of aryl methyl sites for hydroxylation is 1. The van der Waals surface area contributed by atoms with Gasteiger partial charge < -0.3 is 10.2 Å². The Balaban J connectivity index is 1.35. The van der Waals surface area contributed by atoms with Gasteiger partial charge in [-0.1, -0.05) is 24.3 Å². The van der Waals surface area contributed by atoms with Gasteiger partial charge in [-0.05, 0) is 37.3 Å². The number of benzene rings is 2. The summed E-state index contributed by atoms with van der Waals surface area (Å²) in [5.41, 5.74) is 10.2. The van der Waals surface area contributed by atoms with E-state index in [9.17, 15) is 4.79 Å². The second-order valence-electron chi connectivity index (χ2n) is 7.13. The Hall–Kier alpha value is -3.97. The molecule has 0 spiro atoms. The number of thiazole rings is 1. The monoisotopic (exact) mass is 426 g/mol. The zero-order valence-electron chi connectivity index (χ0n) is 16.6. The van der Waals surface area contributed by atoms with Gasteiger partial charge in [0.05, 0.1) is 5.69 Å². The lowest BCUT2D eigenvalue weighted by molar-refractivity contribution is 0.103. The van der Waals surface area contributed by atoms with E-state index in [0.717, 1.165) is 27.6 Å². The number of carbonyl (C=O) groups excluding carboxylic acids is 1. The number of nitrogens with two attached hydrogens (primary N) is 1. The maximum absolute atomic E-state index is 12.9. The number of hydrogen-bond acceptors (Lipinski definition) is 6. The van der Waals surface area contributed by atoms with Crippen molar-refractivity contribution >= 4 is 22.8 Å². The Bertz CT molecular complexity index is 1360. The molecule has 7 heteroatoms. The Morgan fingerprint density at radius 1 is 1.00 bits per heavy atom. The van der Waals surface area contributed by atoms with E-state index in [1.807, 2.05) is 66.2 Å². The van der Waals surface area contributed by atoms with Crippen LogP contribution in [-0.4, -0.2) is 20.3 Å². The molecule has 0 unspecified atom stereocenters. The standard InChI is InChI=1S/C24H18N4O2S/c1-15-12-28(14-26-15)22-11-10-21(30-22)16-2-4-17(5-3-16)23(29)20-13-31-24(27-20)18-6-8-19(25)9-7-18/h2-14H,25H2,1H3. The molecule has 0 aliphatic rings. The molecule has 0 bridgehead atoms. The highest BCUT2D eigenvalue weighted by Crippen LogP contribution is 2.27. The van der Waals surface area contributed by atoms with Crippen LogP contribution in [0.5, 0.6) is 0 Å². The lowest BCUT2D eigenvalue weighted by Crippen LogP contribution is -2.01. The van der Waals surface area contributed by atoms with Crippen LogP contribution in [0.1, 0.15) is 21.7 Å². The number of rotatable bonds is 5. The fourth-order valence-corrected chi connectivity index (χ4v) is 4.04. The van der Waals surface area contributed by atoms with Gasteiger partial charge in [0, 0.05) is 40.0 Å². The zero-order valence-corrected chi connectivity index (χ0v) is 17.5. The third kappa shape index (κ3) is 3.78. The number of nitrogens with zero attached hydrogens (tertiary/aromatic N) is 3. The van der Waals surface area contributed by atoms with Crippen LogP contribution in [0.15, 0.2) is 83.0 Å². The normalized spacial score (nSPS) is 11.0. The highest BCUT2D eigenvalue weighted by Gasteiger charge is 2.15. The summed E-state index contributed by atoms with van der Waals surface area (Å²) in [6.07, 6.45) is 3.61. The molecule has 0 aliphatic heterocycles. The number of ketones is 1. The number of furan rings is 1. The molecule has 2 N–H and O–H groups in total. The lowest BCUT2D eigenvalue weighted by atomic mass is 10.1. The van der Waals surface area contributed by atoms with Crippen molar-refractivity contribution in [2.45, 2.75) is 6.92 Å². The first-order chi connectivity index (χ1) is 15.1. The Morgan fingerprint density at radius 3 is 2.45 bits per heavy atom. The van der Waals surface area contributed by atoms with Crippen molar-refractivity contribution in [3.63, 3.8) is 0 Å². The van der Waals surface area contributed by atoms with Gasteiger partial charge in [0.15, 0.2) is 0 Å². The molecule has 0 saturated carbocycles. The van der Waals surface area contributed by atoms with Crippen molar-refractivity contribution in [3.05, 3.63) is 95.5 Å². The summed E-state index contributed by atoms with van der Waals surface area (Å²) in [6.45, 7) is 1.93. The minimum Gasteiger partial charge on any atom is -0.440 e. The van der Waals surface area contributed by atoms with Gasteiger partial charge >= 0.3 is 0 Å². The molecule has 3 aromatic heterocycles. The molecule has 0 amide bonds. The van der Waals surface area contributed by atoms with Crippen molar-refractivity contribution < 1.29 is 9.21 Å². The first kappa shape index (κ1) is 19.0. The molecule has 0 radical (unpaired) electrons. The molecular weight excluding hydrogens is 408 g/mol. The van der Waals surface area contributed by atoms with E-state index in [1.54, 1.807) is 23.8 Å². The van der Waals surface area contributed by atoms with Crippen molar-refractivity contribution in [3.8, 4) is 27.8 Å². The average molecular weight is 427 g/mol. The number of carbonyl (C=O) groups is 1. The van der Waals surface area contributed by atoms with E-state index in [-0.39, 0.29) is 5.78 Å². The maximum Gasteiger partial charge on any atom is 0.212 e. The Morgan fingerprint density at radius 2 is 1.74 bits per heavy atom. The summed E-state index contributed by atoms with van der Waals surface area (Å²) in [7, 11) is 0. The molecule has 5 aromatic rings. The first-order valence-corrected chi connectivity index (χ1v) is 10.5. The highest BCUT2D eigenvalue weighted by molar-refractivity contribution is 7.13. The van der Waals surface area contributed by atoms with Gasteiger partial charge in [-0.15, -0.1) is 11.3 Å². The highest BCUT2D eigenvalue weighted by atomic mass is 32.1. The van der Waals surface area contributed by atoms with E-state index >= 15 is 0 Å². The Kier molecular flexibility index (Phi) is 4.72. The van der Waals surface area contributed by atoms with E-state index < -0.39 is 0 Å². The van der Waals surface area contributed by atoms with Crippen LogP contribution in [0, 0.1) is 6.92 Å². The van der Waals surface area contributed by atoms with E-state index in [4.69, 9.17) is 10.2 Å². The number of hydrogen-bond donors (Lipinski definition) is 1. The van der Waals surface area contributed by atoms with Crippen LogP contribution >= 0.6 is 11.3 Å². The Labute approximate surface area is 182 Å². The molecular formula is C24H18N4O2S. The minimum absolute atomic E-state index is 0.112. The van der Waals surface area contributed by atoms with Crippen molar-refractivity contribution in [1.29, 1.82) is 0 Å². The number of nitrogen functional groups attached to an aromatic ring is 1. The molecule has 31 heavy (non-hydrogen) atoms. The van der Waals surface area contributed by atoms with E-state index in [0.29, 0.717) is 22.8 Å². The summed E-state index contributed by atoms with van der Waals surface area (Å²) < 4.78 is 7.76. The zero-order chi connectivity index (χ0) is 21.4. The molecule has 0 aliphatic carbocycles. The summed E-state index contributed by atoms with van der Waals surface area (Å²) in [4.78, 5) is 21.6. The number of imidazole rings is 1. The van der Waals surface area contributed by atoms with Crippen molar-refractivity contribution in [2.75, 3.05) is 5.73 Å². The molecule has 0 fully saturated rings. The quantitative estimate of drug-likeness (QED) is 0.301. The number of aromatic nitrogens is 3. The molecule has 0 saturated heterocycles. The van der Waals surface area contributed by atoms with Crippen molar-refractivity contribution in [2.24, 2.45) is 0 Å². The number of anilines is 1. The molecule has 6 nitrogen and oxygen atoms in total. The van der Waals surface area contributed by atoms with Crippen LogP contribution in [0.2, 0.25) is 0 Å². The van der Waals surface area contributed by atoms with E-state index in [2.05, 4.69) is 9.97 Å². The topological polar surface area (TPSA) is 86.9 Å². The molecule has 152 valence electrons. The molecule has 3 heterocycles. The van der Waals surface area contributed by atoms with E-state index in [1.165, 1.54) is 11.3 Å². The second-order valence-corrected chi connectivity index (χ2v) is 7.98.